The standard InChI is InChI=1S/C13H22N2O4S/c1-10-3-2-6-13(16,7-10)9-15-8-11-4-5-12(19-11)20(14,17)18/h4-5,10,15-16H,2-3,6-9H2,1H3,(H2,14,17,18). The zero-order valence-corrected chi connectivity index (χ0v) is 12.4. The Kier molecular flexibility index (Phi) is 4.53. The number of hydrogen-bond acceptors (Lipinski definition) is 5. The van der Waals surface area contributed by atoms with Crippen molar-refractivity contribution in [2.75, 3.05) is 6.54 Å². The van der Waals surface area contributed by atoms with Crippen LogP contribution >= 0.6 is 0 Å². The van der Waals surface area contributed by atoms with Gasteiger partial charge in [-0.3, -0.25) is 0 Å². The van der Waals surface area contributed by atoms with Crippen molar-refractivity contribution in [2.24, 2.45) is 11.1 Å². The molecule has 2 rings (SSSR count). The van der Waals surface area contributed by atoms with E-state index in [1.807, 2.05) is 0 Å². The normalized spacial score (nSPS) is 27.6. The molecule has 0 saturated heterocycles. The Morgan fingerprint density at radius 2 is 2.30 bits per heavy atom. The van der Waals surface area contributed by atoms with Crippen LogP contribution in [-0.4, -0.2) is 25.7 Å². The molecular formula is C13H22N2O4S. The molecule has 1 aromatic heterocycles. The topological polar surface area (TPSA) is 106 Å². The average Bonchev–Trinajstić information content (AvgIpc) is 2.76. The van der Waals surface area contributed by atoms with Crippen molar-refractivity contribution in [1.29, 1.82) is 0 Å². The van der Waals surface area contributed by atoms with Gasteiger partial charge in [-0.25, -0.2) is 13.6 Å². The van der Waals surface area contributed by atoms with Gasteiger partial charge in [0.25, 0.3) is 10.0 Å². The Hall–Kier alpha value is -0.890. The van der Waals surface area contributed by atoms with Gasteiger partial charge in [-0.05, 0) is 30.9 Å². The van der Waals surface area contributed by atoms with Crippen LogP contribution in [-0.2, 0) is 16.6 Å². The summed E-state index contributed by atoms with van der Waals surface area (Å²) in [6.45, 7) is 2.99. The predicted octanol–water partition coefficient (Wildman–Crippen LogP) is 0.958. The number of furan rings is 1. The Balaban J connectivity index is 1.85. The highest BCUT2D eigenvalue weighted by Crippen LogP contribution is 2.31. The summed E-state index contributed by atoms with van der Waals surface area (Å²) in [6, 6.07) is 2.91. The van der Waals surface area contributed by atoms with E-state index in [9.17, 15) is 13.5 Å². The quantitative estimate of drug-likeness (QED) is 0.751. The molecule has 1 heterocycles. The highest BCUT2D eigenvalue weighted by Gasteiger charge is 2.32. The lowest BCUT2D eigenvalue weighted by molar-refractivity contribution is -0.0122. The van der Waals surface area contributed by atoms with E-state index < -0.39 is 15.6 Å². The molecule has 7 heteroatoms. The van der Waals surface area contributed by atoms with Gasteiger partial charge in [0.1, 0.15) is 5.76 Å². The molecule has 2 atom stereocenters. The molecule has 1 aliphatic carbocycles. The third kappa shape index (κ3) is 4.05. The third-order valence-electron chi connectivity index (χ3n) is 3.74. The summed E-state index contributed by atoms with van der Waals surface area (Å²) >= 11 is 0. The minimum absolute atomic E-state index is 0.237. The molecule has 0 amide bonds. The van der Waals surface area contributed by atoms with Crippen molar-refractivity contribution in [3.63, 3.8) is 0 Å². The summed E-state index contributed by atoms with van der Waals surface area (Å²) in [5.41, 5.74) is -0.674. The Labute approximate surface area is 119 Å². The first kappa shape index (κ1) is 15.5. The fraction of sp³-hybridized carbons (Fsp3) is 0.692. The maximum absolute atomic E-state index is 11.1. The highest BCUT2D eigenvalue weighted by molar-refractivity contribution is 7.89. The van der Waals surface area contributed by atoms with E-state index in [2.05, 4.69) is 12.2 Å². The maximum atomic E-state index is 11.1. The summed E-state index contributed by atoms with van der Waals surface area (Å²) < 4.78 is 27.3. The Morgan fingerprint density at radius 1 is 1.55 bits per heavy atom. The number of sulfonamides is 1. The van der Waals surface area contributed by atoms with Crippen molar-refractivity contribution < 1.29 is 17.9 Å². The third-order valence-corrected chi connectivity index (χ3v) is 4.52. The molecule has 4 N–H and O–H groups in total. The van der Waals surface area contributed by atoms with Crippen LogP contribution in [0.25, 0.3) is 0 Å². The van der Waals surface area contributed by atoms with Gasteiger partial charge in [0, 0.05) is 6.54 Å². The van der Waals surface area contributed by atoms with E-state index in [0.29, 0.717) is 24.8 Å². The number of nitrogens with one attached hydrogen (secondary N) is 1. The maximum Gasteiger partial charge on any atom is 0.271 e. The lowest BCUT2D eigenvalue weighted by atomic mass is 9.79. The van der Waals surface area contributed by atoms with Crippen molar-refractivity contribution in [3.8, 4) is 0 Å². The molecule has 1 fully saturated rings. The molecule has 0 aromatic carbocycles. The van der Waals surface area contributed by atoms with Crippen LogP contribution in [0, 0.1) is 5.92 Å². The number of primary sulfonamides is 1. The molecule has 0 radical (unpaired) electrons. The minimum Gasteiger partial charge on any atom is -0.447 e. The zero-order chi connectivity index (χ0) is 14.8. The number of aliphatic hydroxyl groups is 1. The first-order valence-corrected chi connectivity index (χ1v) is 8.38. The molecule has 0 aliphatic heterocycles. The summed E-state index contributed by atoms with van der Waals surface area (Å²) in [4.78, 5) is 0. The second-order valence-electron chi connectivity index (χ2n) is 5.80. The zero-order valence-electron chi connectivity index (χ0n) is 11.6. The second kappa shape index (κ2) is 5.85. The van der Waals surface area contributed by atoms with Gasteiger partial charge in [0.15, 0.2) is 0 Å². The molecule has 0 bridgehead atoms. The number of nitrogens with two attached hydrogens (primary N) is 1. The summed E-state index contributed by atoms with van der Waals surface area (Å²) in [6.07, 6.45) is 3.79. The Morgan fingerprint density at radius 3 is 2.90 bits per heavy atom. The van der Waals surface area contributed by atoms with Gasteiger partial charge in [-0.1, -0.05) is 19.8 Å². The molecule has 114 valence electrons. The molecule has 6 nitrogen and oxygen atoms in total. The van der Waals surface area contributed by atoms with E-state index in [1.54, 1.807) is 6.07 Å². The van der Waals surface area contributed by atoms with Crippen LogP contribution in [0.1, 0.15) is 38.4 Å². The molecule has 20 heavy (non-hydrogen) atoms. The smallest absolute Gasteiger partial charge is 0.271 e. The Bertz CT molecular complexity index is 554. The van der Waals surface area contributed by atoms with E-state index in [-0.39, 0.29) is 5.09 Å². The first-order chi connectivity index (χ1) is 9.28. The van der Waals surface area contributed by atoms with Gasteiger partial charge in [-0.15, -0.1) is 0 Å². The molecule has 1 aromatic rings. The lowest BCUT2D eigenvalue weighted by Gasteiger charge is -2.35. The second-order valence-corrected chi connectivity index (χ2v) is 7.29. The van der Waals surface area contributed by atoms with Crippen LogP contribution in [0.5, 0.6) is 0 Å². The van der Waals surface area contributed by atoms with E-state index in [0.717, 1.165) is 25.7 Å². The van der Waals surface area contributed by atoms with Gasteiger partial charge >= 0.3 is 0 Å². The lowest BCUT2D eigenvalue weighted by Crippen LogP contribution is -2.43. The predicted molar refractivity (Wildman–Crippen MR) is 74.4 cm³/mol. The molecular weight excluding hydrogens is 280 g/mol. The van der Waals surface area contributed by atoms with Gasteiger partial charge in [0.2, 0.25) is 5.09 Å². The fourth-order valence-corrected chi connectivity index (χ4v) is 3.30. The summed E-state index contributed by atoms with van der Waals surface area (Å²) in [7, 11) is -3.79. The molecule has 0 spiro atoms. The summed E-state index contributed by atoms with van der Waals surface area (Å²) in [5, 5.41) is 18.3. The molecule has 1 aliphatic rings. The number of hydrogen-bond donors (Lipinski definition) is 3. The van der Waals surface area contributed by atoms with E-state index >= 15 is 0 Å². The summed E-state index contributed by atoms with van der Waals surface area (Å²) in [5.74, 6) is 1.02. The van der Waals surface area contributed by atoms with Gasteiger partial charge < -0.3 is 14.8 Å². The van der Waals surface area contributed by atoms with Crippen molar-refractivity contribution in [2.45, 2.75) is 49.8 Å². The minimum atomic E-state index is -3.79. The number of rotatable bonds is 5. The van der Waals surface area contributed by atoms with Crippen LogP contribution in [0.4, 0.5) is 0 Å². The fourth-order valence-electron chi connectivity index (χ4n) is 2.82. The van der Waals surface area contributed by atoms with E-state index in [4.69, 9.17) is 9.56 Å². The SMILES string of the molecule is CC1CCCC(O)(CNCc2ccc(S(N)(=O)=O)o2)C1. The van der Waals surface area contributed by atoms with Crippen LogP contribution in [0.3, 0.4) is 0 Å². The largest absolute Gasteiger partial charge is 0.447 e. The van der Waals surface area contributed by atoms with Crippen LogP contribution in [0.15, 0.2) is 21.6 Å². The molecule has 1 saturated carbocycles. The van der Waals surface area contributed by atoms with Crippen molar-refractivity contribution in [1.82, 2.24) is 5.32 Å². The highest BCUT2D eigenvalue weighted by atomic mass is 32.2. The van der Waals surface area contributed by atoms with Gasteiger partial charge in [0.05, 0.1) is 12.1 Å². The monoisotopic (exact) mass is 302 g/mol. The average molecular weight is 302 g/mol. The van der Waals surface area contributed by atoms with Crippen molar-refractivity contribution >= 4 is 10.0 Å². The molecule has 2 unspecified atom stereocenters. The first-order valence-electron chi connectivity index (χ1n) is 6.83. The van der Waals surface area contributed by atoms with Crippen LogP contribution in [0.2, 0.25) is 0 Å². The van der Waals surface area contributed by atoms with Crippen molar-refractivity contribution in [3.05, 3.63) is 17.9 Å². The van der Waals surface area contributed by atoms with E-state index in [1.165, 1.54) is 6.07 Å². The van der Waals surface area contributed by atoms with Crippen LogP contribution < -0.4 is 10.5 Å². The van der Waals surface area contributed by atoms with Gasteiger partial charge in [-0.2, -0.15) is 0 Å².